The van der Waals surface area contributed by atoms with Gasteiger partial charge in [-0.2, -0.15) is 0 Å². The molecular weight excluding hydrogens is 450 g/mol. The van der Waals surface area contributed by atoms with Crippen LogP contribution in [0.1, 0.15) is 19.4 Å². The van der Waals surface area contributed by atoms with Crippen molar-refractivity contribution in [3.63, 3.8) is 0 Å². The summed E-state index contributed by atoms with van der Waals surface area (Å²) in [5.74, 6) is -6.58. The van der Waals surface area contributed by atoms with Gasteiger partial charge in [0.25, 0.3) is 0 Å². The Morgan fingerprint density at radius 1 is 1.06 bits per heavy atom. The summed E-state index contributed by atoms with van der Waals surface area (Å²) in [5.41, 5.74) is 2.53. The lowest BCUT2D eigenvalue weighted by atomic mass is 10.1. The van der Waals surface area contributed by atoms with E-state index in [-0.39, 0.29) is 0 Å². The molecule has 1 aliphatic heterocycles. The van der Waals surface area contributed by atoms with E-state index in [9.17, 15) is 0 Å². The first-order valence-corrected chi connectivity index (χ1v) is 10.5. The summed E-state index contributed by atoms with van der Waals surface area (Å²) in [6.45, 7) is 10.5. The van der Waals surface area contributed by atoms with Crippen molar-refractivity contribution in [3.8, 4) is 0 Å². The van der Waals surface area contributed by atoms with Gasteiger partial charge in [-0.1, -0.05) is 32.0 Å². The molecule has 6 N–H and O–H groups in total. The number of H-pyrrole nitrogens is 1. The Bertz CT molecular complexity index is 910. The number of carbonyl (C=O) groups is 4. The summed E-state index contributed by atoms with van der Waals surface area (Å²) >= 11 is 0. The van der Waals surface area contributed by atoms with Crippen LogP contribution in [-0.2, 0) is 30.5 Å². The number of nitrogens with one attached hydrogen (secondary N) is 2. The molecule has 2 heterocycles. The van der Waals surface area contributed by atoms with Gasteiger partial charge in [-0.25, -0.2) is 19.2 Å². The number of aliphatic carboxylic acids is 4. The van der Waals surface area contributed by atoms with Gasteiger partial charge in [-0.05, 0) is 17.5 Å². The molecule has 1 aromatic heterocycles. The quantitative estimate of drug-likeness (QED) is 0.322. The molecule has 34 heavy (non-hydrogen) atoms. The summed E-state index contributed by atoms with van der Waals surface area (Å²) in [6.07, 6.45) is 2.41. The Morgan fingerprint density at radius 3 is 2.21 bits per heavy atom. The number of rotatable bonds is 6. The number of nitrogens with zero attached hydrogens (tertiary/aromatic N) is 1. The van der Waals surface area contributed by atoms with Crippen molar-refractivity contribution in [1.82, 2.24) is 15.2 Å². The maximum absolute atomic E-state index is 9.10. The second kappa shape index (κ2) is 14.6. The maximum atomic E-state index is 9.10. The summed E-state index contributed by atoms with van der Waals surface area (Å²) in [5, 5.41) is 34.4. The first-order valence-electron chi connectivity index (χ1n) is 10.5. The van der Waals surface area contributed by atoms with E-state index in [0.29, 0.717) is 6.10 Å². The molecule has 1 saturated heterocycles. The lowest BCUT2D eigenvalue weighted by Crippen LogP contribution is -2.47. The lowest BCUT2D eigenvalue weighted by Gasteiger charge is -2.34. The first kappa shape index (κ1) is 28.6. The number of hydrogen-bond acceptors (Lipinski definition) is 7. The molecular formula is C22H31N3O9. The minimum absolute atomic E-state index is 0.303. The van der Waals surface area contributed by atoms with Crippen molar-refractivity contribution in [2.24, 2.45) is 5.92 Å². The normalized spacial score (nSPS) is 15.6. The van der Waals surface area contributed by atoms with E-state index in [1.165, 1.54) is 23.0 Å². The molecule has 1 unspecified atom stereocenters. The topological polar surface area (TPSA) is 189 Å². The van der Waals surface area contributed by atoms with Crippen molar-refractivity contribution in [2.75, 3.05) is 32.8 Å². The Balaban J connectivity index is 0.000000401. The Hall–Kier alpha value is -3.48. The molecule has 1 fully saturated rings. The predicted octanol–water partition coefficient (Wildman–Crippen LogP) is 0.926. The second-order valence-electron chi connectivity index (χ2n) is 7.86. The SMILES string of the molecule is CC(C)CN1CCOC(CNCc2c[nH]c3ccccc23)C1.O=C(O)C(=O)O.O=C(O)C(=O)O. The fourth-order valence-electron chi connectivity index (χ4n) is 3.23. The van der Waals surface area contributed by atoms with E-state index in [1.54, 1.807) is 0 Å². The highest BCUT2D eigenvalue weighted by atomic mass is 16.5. The number of carboxylic acids is 4. The van der Waals surface area contributed by atoms with E-state index in [4.69, 9.17) is 44.3 Å². The monoisotopic (exact) mass is 481 g/mol. The van der Waals surface area contributed by atoms with Crippen LogP contribution in [-0.4, -0.2) is 93.1 Å². The molecule has 0 aliphatic carbocycles. The molecule has 3 rings (SSSR count). The van der Waals surface area contributed by atoms with Crippen LogP contribution in [0.2, 0.25) is 0 Å². The van der Waals surface area contributed by atoms with Crippen LogP contribution in [0.15, 0.2) is 30.5 Å². The van der Waals surface area contributed by atoms with Gasteiger partial charge in [0, 0.05) is 49.8 Å². The number of hydrogen-bond donors (Lipinski definition) is 6. The van der Waals surface area contributed by atoms with E-state index in [2.05, 4.69) is 59.5 Å². The molecule has 0 spiro atoms. The van der Waals surface area contributed by atoms with Crippen molar-refractivity contribution in [3.05, 3.63) is 36.0 Å². The number of para-hydroxylation sites is 1. The molecule has 188 valence electrons. The molecule has 12 nitrogen and oxygen atoms in total. The highest BCUT2D eigenvalue weighted by Gasteiger charge is 2.20. The number of morpholine rings is 1. The van der Waals surface area contributed by atoms with Gasteiger partial charge in [0.1, 0.15) is 0 Å². The summed E-state index contributed by atoms with van der Waals surface area (Å²) in [6, 6.07) is 8.44. The third-order valence-corrected chi connectivity index (χ3v) is 4.57. The molecule has 0 saturated carbocycles. The molecule has 2 aromatic rings. The number of aromatic amines is 1. The fraction of sp³-hybridized carbons (Fsp3) is 0.455. The number of benzene rings is 1. The largest absolute Gasteiger partial charge is 0.473 e. The zero-order valence-electron chi connectivity index (χ0n) is 19.1. The molecule has 12 heteroatoms. The first-order chi connectivity index (χ1) is 16.0. The van der Waals surface area contributed by atoms with Crippen LogP contribution in [0.3, 0.4) is 0 Å². The third kappa shape index (κ3) is 10.9. The fourth-order valence-corrected chi connectivity index (χ4v) is 3.23. The molecule has 0 radical (unpaired) electrons. The average Bonchev–Trinajstić information content (AvgIpc) is 3.17. The molecule has 0 amide bonds. The standard InChI is InChI=1S/C18H27N3O.2C2H2O4/c1-14(2)12-21-7-8-22-16(13-21)11-19-9-15-10-20-18-6-4-3-5-17(15)18;2*3-1(4)2(5)6/h3-6,10,14,16,19-20H,7-9,11-13H2,1-2H3;2*(H,3,4)(H,5,6). The zero-order chi connectivity index (χ0) is 25.7. The van der Waals surface area contributed by atoms with Crippen LogP contribution in [0, 0.1) is 5.92 Å². The van der Waals surface area contributed by atoms with Gasteiger partial charge in [0.15, 0.2) is 0 Å². The maximum Gasteiger partial charge on any atom is 0.414 e. The second-order valence-corrected chi connectivity index (χ2v) is 7.86. The molecule has 1 aromatic carbocycles. The Labute approximate surface area is 196 Å². The van der Waals surface area contributed by atoms with E-state index in [0.717, 1.165) is 38.7 Å². The van der Waals surface area contributed by atoms with E-state index in [1.807, 2.05) is 0 Å². The Morgan fingerprint density at radius 2 is 1.65 bits per heavy atom. The number of carboxylic acid groups (broad SMARTS) is 4. The van der Waals surface area contributed by atoms with Crippen molar-refractivity contribution in [2.45, 2.75) is 26.5 Å². The minimum Gasteiger partial charge on any atom is -0.473 e. The number of fused-ring (bicyclic) bond motifs is 1. The summed E-state index contributed by atoms with van der Waals surface area (Å²) in [4.78, 5) is 42.2. The molecule has 1 atom stereocenters. The number of aromatic nitrogens is 1. The smallest absolute Gasteiger partial charge is 0.414 e. The van der Waals surface area contributed by atoms with Gasteiger partial charge >= 0.3 is 23.9 Å². The van der Waals surface area contributed by atoms with Gasteiger partial charge in [-0.3, -0.25) is 4.90 Å². The molecule has 0 bridgehead atoms. The van der Waals surface area contributed by atoms with Crippen LogP contribution < -0.4 is 5.32 Å². The van der Waals surface area contributed by atoms with Crippen molar-refractivity contribution in [1.29, 1.82) is 0 Å². The van der Waals surface area contributed by atoms with Gasteiger partial charge in [-0.15, -0.1) is 0 Å². The van der Waals surface area contributed by atoms with Gasteiger partial charge in [0.2, 0.25) is 0 Å². The van der Waals surface area contributed by atoms with Crippen molar-refractivity contribution < 1.29 is 44.3 Å². The van der Waals surface area contributed by atoms with Crippen LogP contribution in [0.25, 0.3) is 10.9 Å². The highest BCUT2D eigenvalue weighted by Crippen LogP contribution is 2.17. The van der Waals surface area contributed by atoms with Gasteiger partial charge < -0.3 is 35.5 Å². The minimum atomic E-state index is -1.82. The third-order valence-electron chi connectivity index (χ3n) is 4.57. The Kier molecular flexibility index (Phi) is 12.3. The lowest BCUT2D eigenvalue weighted by molar-refractivity contribution is -0.159. The van der Waals surface area contributed by atoms with Crippen LogP contribution in [0.4, 0.5) is 0 Å². The predicted molar refractivity (Wildman–Crippen MR) is 122 cm³/mol. The average molecular weight is 482 g/mol. The molecule has 1 aliphatic rings. The van der Waals surface area contributed by atoms with E-state index >= 15 is 0 Å². The van der Waals surface area contributed by atoms with E-state index < -0.39 is 23.9 Å². The highest BCUT2D eigenvalue weighted by molar-refractivity contribution is 6.27. The van der Waals surface area contributed by atoms with Gasteiger partial charge in [0.05, 0.1) is 12.7 Å². The zero-order valence-corrected chi connectivity index (χ0v) is 19.1. The van der Waals surface area contributed by atoms with Crippen LogP contribution in [0.5, 0.6) is 0 Å². The number of ether oxygens (including phenoxy) is 1. The van der Waals surface area contributed by atoms with Crippen molar-refractivity contribution >= 4 is 34.8 Å². The van der Waals surface area contributed by atoms with Crippen LogP contribution >= 0.6 is 0 Å². The summed E-state index contributed by atoms with van der Waals surface area (Å²) < 4.78 is 5.88. The summed E-state index contributed by atoms with van der Waals surface area (Å²) in [7, 11) is 0.